The van der Waals surface area contributed by atoms with Crippen molar-refractivity contribution in [2.45, 2.75) is 26.2 Å². The molecule has 0 amide bonds. The zero-order chi connectivity index (χ0) is 12.6. The summed E-state index contributed by atoms with van der Waals surface area (Å²) in [5.74, 6) is -0.869. The molecule has 1 fully saturated rings. The molecule has 2 heteroatoms. The molecule has 3 atom stereocenters. The van der Waals surface area contributed by atoms with Crippen LogP contribution >= 0.6 is 0 Å². The Morgan fingerprint density at radius 3 is 2.35 bits per heavy atom. The summed E-state index contributed by atoms with van der Waals surface area (Å²) < 4.78 is 0. The summed E-state index contributed by atoms with van der Waals surface area (Å²) in [6, 6.07) is 9.94. The molecule has 0 radical (unpaired) electrons. The second-order valence-electron chi connectivity index (χ2n) is 5.23. The highest BCUT2D eigenvalue weighted by Gasteiger charge is 2.64. The van der Waals surface area contributed by atoms with Crippen molar-refractivity contribution in [3.63, 3.8) is 0 Å². The van der Waals surface area contributed by atoms with Crippen LogP contribution in [0.2, 0.25) is 0 Å². The van der Waals surface area contributed by atoms with Crippen LogP contribution in [0.25, 0.3) is 0 Å². The molecule has 0 aliphatic heterocycles. The Labute approximate surface area is 102 Å². The lowest BCUT2D eigenvalue weighted by Crippen LogP contribution is -2.10. The first-order valence-electron chi connectivity index (χ1n) is 5.91. The molecule has 3 unspecified atom stereocenters. The van der Waals surface area contributed by atoms with Gasteiger partial charge in [0.1, 0.15) is 0 Å². The molecule has 1 aromatic carbocycles. The minimum absolute atomic E-state index is 0.118. The fourth-order valence-corrected chi connectivity index (χ4v) is 2.75. The first-order valence-corrected chi connectivity index (χ1v) is 5.91. The van der Waals surface area contributed by atoms with Crippen molar-refractivity contribution in [2.24, 2.45) is 11.8 Å². The number of aliphatic carboxylic acids is 1. The van der Waals surface area contributed by atoms with Gasteiger partial charge >= 0.3 is 5.97 Å². The highest BCUT2D eigenvalue weighted by atomic mass is 16.4. The van der Waals surface area contributed by atoms with Gasteiger partial charge in [0.25, 0.3) is 0 Å². The Morgan fingerprint density at radius 1 is 1.29 bits per heavy atom. The van der Waals surface area contributed by atoms with Crippen molar-refractivity contribution in [2.75, 3.05) is 0 Å². The van der Waals surface area contributed by atoms with Gasteiger partial charge in [-0.05, 0) is 19.4 Å². The van der Waals surface area contributed by atoms with E-state index in [0.29, 0.717) is 0 Å². The fraction of sp³-hybridized carbons (Fsp3) is 0.400. The average Bonchev–Trinajstić information content (AvgIpc) is 2.86. The Morgan fingerprint density at radius 2 is 1.88 bits per heavy atom. The predicted octanol–water partition coefficient (Wildman–Crippen LogP) is 3.24. The van der Waals surface area contributed by atoms with Gasteiger partial charge in [-0.1, -0.05) is 48.9 Å². The maximum Gasteiger partial charge on any atom is 0.308 e. The summed E-state index contributed by atoms with van der Waals surface area (Å²) in [6.07, 6.45) is 2.09. The van der Waals surface area contributed by atoms with Gasteiger partial charge in [-0.15, -0.1) is 0 Å². The number of rotatable bonds is 3. The molecule has 0 bridgehead atoms. The van der Waals surface area contributed by atoms with Crippen LogP contribution in [-0.4, -0.2) is 11.1 Å². The zero-order valence-corrected chi connectivity index (χ0v) is 10.5. The Kier molecular flexibility index (Phi) is 2.82. The van der Waals surface area contributed by atoms with E-state index in [2.05, 4.69) is 6.08 Å². The van der Waals surface area contributed by atoms with Gasteiger partial charge in [-0.25, -0.2) is 0 Å². The number of allylic oxidation sites excluding steroid dienone is 2. The zero-order valence-electron chi connectivity index (χ0n) is 10.5. The lowest BCUT2D eigenvalue weighted by molar-refractivity contribution is -0.139. The van der Waals surface area contributed by atoms with E-state index in [0.717, 1.165) is 5.56 Å². The lowest BCUT2D eigenvalue weighted by Gasteiger charge is -2.10. The second kappa shape index (κ2) is 4.02. The lowest BCUT2D eigenvalue weighted by atomic mass is 9.93. The van der Waals surface area contributed by atoms with Crippen molar-refractivity contribution in [1.82, 2.24) is 0 Å². The summed E-state index contributed by atoms with van der Waals surface area (Å²) in [5, 5.41) is 9.30. The van der Waals surface area contributed by atoms with Gasteiger partial charge < -0.3 is 5.11 Å². The molecule has 1 aliphatic rings. The number of hydrogen-bond acceptors (Lipinski definition) is 1. The standard InChI is InChI=1S/C15H18O2/c1-10(2)9-12-13(14(16)17)15(12,3)11-7-5-4-6-8-11/h4-9,12-13H,1-3H3,(H,16,17). The van der Waals surface area contributed by atoms with Crippen LogP contribution in [0.5, 0.6) is 0 Å². The van der Waals surface area contributed by atoms with E-state index >= 15 is 0 Å². The van der Waals surface area contributed by atoms with Crippen LogP contribution < -0.4 is 0 Å². The Balaban J connectivity index is 2.37. The molecule has 0 heterocycles. The maximum absolute atomic E-state index is 11.3. The Bertz CT molecular complexity index is 457. The molecule has 2 nitrogen and oxygen atoms in total. The van der Waals surface area contributed by atoms with E-state index in [1.54, 1.807) is 0 Å². The van der Waals surface area contributed by atoms with Gasteiger partial charge in [-0.2, -0.15) is 0 Å². The second-order valence-corrected chi connectivity index (χ2v) is 5.23. The largest absolute Gasteiger partial charge is 0.481 e. The maximum atomic E-state index is 11.3. The number of carboxylic acid groups (broad SMARTS) is 1. The molecule has 0 aromatic heterocycles. The van der Waals surface area contributed by atoms with E-state index in [-0.39, 0.29) is 17.3 Å². The Hall–Kier alpha value is -1.57. The van der Waals surface area contributed by atoms with Crippen molar-refractivity contribution >= 4 is 5.97 Å². The number of hydrogen-bond donors (Lipinski definition) is 1. The van der Waals surface area contributed by atoms with Crippen molar-refractivity contribution in [1.29, 1.82) is 0 Å². The third-order valence-electron chi connectivity index (χ3n) is 3.76. The van der Waals surface area contributed by atoms with E-state index in [9.17, 15) is 9.90 Å². The molecule has 1 saturated carbocycles. The first-order chi connectivity index (χ1) is 7.98. The molecule has 1 aromatic rings. The quantitative estimate of drug-likeness (QED) is 0.809. The molecule has 90 valence electrons. The minimum atomic E-state index is -0.696. The van der Waals surface area contributed by atoms with Gasteiger partial charge in [-0.3, -0.25) is 4.79 Å². The summed E-state index contributed by atoms with van der Waals surface area (Å²) in [6.45, 7) is 6.08. The third-order valence-corrected chi connectivity index (χ3v) is 3.76. The third kappa shape index (κ3) is 1.88. The average molecular weight is 230 g/mol. The number of carboxylic acids is 1. The van der Waals surface area contributed by atoms with E-state index in [4.69, 9.17) is 0 Å². The SMILES string of the molecule is CC(C)=CC1C(C(=O)O)C1(C)c1ccccc1. The van der Waals surface area contributed by atoms with Crippen LogP contribution in [0.4, 0.5) is 0 Å². The highest BCUT2D eigenvalue weighted by Crippen LogP contribution is 2.60. The van der Waals surface area contributed by atoms with Gasteiger partial charge in [0.05, 0.1) is 5.92 Å². The molecular weight excluding hydrogens is 212 g/mol. The summed E-state index contributed by atoms with van der Waals surface area (Å²) >= 11 is 0. The predicted molar refractivity (Wildman–Crippen MR) is 67.8 cm³/mol. The normalized spacial score (nSPS) is 30.8. The first kappa shape index (κ1) is 11.9. The summed E-state index contributed by atoms with van der Waals surface area (Å²) in [5.41, 5.74) is 2.06. The number of benzene rings is 1. The van der Waals surface area contributed by atoms with E-state index in [1.807, 2.05) is 51.1 Å². The van der Waals surface area contributed by atoms with Gasteiger partial charge in [0.2, 0.25) is 0 Å². The van der Waals surface area contributed by atoms with E-state index < -0.39 is 5.97 Å². The summed E-state index contributed by atoms with van der Waals surface area (Å²) in [7, 11) is 0. The fourth-order valence-electron chi connectivity index (χ4n) is 2.75. The highest BCUT2D eigenvalue weighted by molar-refractivity contribution is 5.79. The van der Waals surface area contributed by atoms with Crippen molar-refractivity contribution < 1.29 is 9.90 Å². The smallest absolute Gasteiger partial charge is 0.308 e. The summed E-state index contributed by atoms with van der Waals surface area (Å²) in [4.78, 5) is 11.3. The molecule has 17 heavy (non-hydrogen) atoms. The van der Waals surface area contributed by atoms with E-state index in [1.165, 1.54) is 5.57 Å². The molecule has 2 rings (SSSR count). The molecule has 1 aliphatic carbocycles. The molecular formula is C15H18O2. The van der Waals surface area contributed by atoms with Crippen molar-refractivity contribution in [3.05, 3.63) is 47.5 Å². The monoisotopic (exact) mass is 230 g/mol. The van der Waals surface area contributed by atoms with Gasteiger partial charge in [0.15, 0.2) is 0 Å². The van der Waals surface area contributed by atoms with Crippen LogP contribution in [-0.2, 0) is 10.2 Å². The van der Waals surface area contributed by atoms with Gasteiger partial charge in [0, 0.05) is 11.3 Å². The molecule has 1 N–H and O–H groups in total. The van der Waals surface area contributed by atoms with Crippen LogP contribution in [0.15, 0.2) is 42.0 Å². The van der Waals surface area contributed by atoms with Crippen LogP contribution in [0.1, 0.15) is 26.3 Å². The number of carbonyl (C=O) groups is 1. The van der Waals surface area contributed by atoms with Crippen LogP contribution in [0, 0.1) is 11.8 Å². The molecule has 0 spiro atoms. The molecule has 0 saturated heterocycles. The minimum Gasteiger partial charge on any atom is -0.481 e. The van der Waals surface area contributed by atoms with Crippen molar-refractivity contribution in [3.8, 4) is 0 Å². The van der Waals surface area contributed by atoms with Crippen LogP contribution in [0.3, 0.4) is 0 Å². The topological polar surface area (TPSA) is 37.3 Å².